The Balaban J connectivity index is 2.33. The van der Waals surface area contributed by atoms with Gasteiger partial charge in [0, 0.05) is 17.8 Å². The molecule has 0 saturated heterocycles. The van der Waals surface area contributed by atoms with E-state index in [1.165, 1.54) is 14.2 Å². The second-order valence-corrected chi connectivity index (χ2v) is 7.84. The number of halogens is 1. The van der Waals surface area contributed by atoms with Crippen molar-refractivity contribution in [1.29, 1.82) is 0 Å². The van der Waals surface area contributed by atoms with Crippen LogP contribution in [0.25, 0.3) is 0 Å². The standard InChI is InChI=1S/C22H25ClN6O6/c1-5-35-22(32)17-16(12-8-6-7-9-13(12)23)15(21(31)34-4)11(2)25-18(17)19(33-3)20-26-27-28-29(20)10-14(24)30/h6-9,16,19,25H,5,10H2,1-4H3,(H2,24,30). The zero-order chi connectivity index (χ0) is 25.7. The number of esters is 2. The first-order valence-electron chi connectivity index (χ1n) is 10.5. The van der Waals surface area contributed by atoms with E-state index in [2.05, 4.69) is 20.8 Å². The van der Waals surface area contributed by atoms with Crippen molar-refractivity contribution < 1.29 is 28.6 Å². The van der Waals surface area contributed by atoms with Gasteiger partial charge in [-0.3, -0.25) is 4.79 Å². The van der Waals surface area contributed by atoms with Crippen LogP contribution in [0.4, 0.5) is 0 Å². The quantitative estimate of drug-likeness (QED) is 0.474. The van der Waals surface area contributed by atoms with E-state index in [0.717, 1.165) is 4.68 Å². The zero-order valence-electron chi connectivity index (χ0n) is 19.6. The minimum Gasteiger partial charge on any atom is -0.466 e. The van der Waals surface area contributed by atoms with Crippen LogP contribution >= 0.6 is 11.6 Å². The fourth-order valence-electron chi connectivity index (χ4n) is 3.91. The number of methoxy groups -OCH3 is 2. The first-order chi connectivity index (χ1) is 16.7. The number of nitrogens with zero attached hydrogens (tertiary/aromatic N) is 4. The predicted molar refractivity (Wildman–Crippen MR) is 122 cm³/mol. The van der Waals surface area contributed by atoms with Crippen LogP contribution in [0.1, 0.15) is 37.3 Å². The molecule has 0 fully saturated rings. The van der Waals surface area contributed by atoms with Gasteiger partial charge in [0.1, 0.15) is 6.54 Å². The highest BCUT2D eigenvalue weighted by atomic mass is 35.5. The number of hydrogen-bond donors (Lipinski definition) is 2. The minimum absolute atomic E-state index is 0.0476. The van der Waals surface area contributed by atoms with Gasteiger partial charge in [0.15, 0.2) is 11.9 Å². The number of hydrogen-bond acceptors (Lipinski definition) is 10. The molecular weight excluding hydrogens is 480 g/mol. The topological polar surface area (TPSA) is 161 Å². The maximum absolute atomic E-state index is 13.4. The fourth-order valence-corrected chi connectivity index (χ4v) is 4.15. The highest BCUT2D eigenvalue weighted by molar-refractivity contribution is 6.31. The van der Waals surface area contributed by atoms with Gasteiger partial charge < -0.3 is 25.3 Å². The summed E-state index contributed by atoms with van der Waals surface area (Å²) in [5.41, 5.74) is 6.61. The third-order valence-electron chi connectivity index (χ3n) is 5.31. The minimum atomic E-state index is -1.07. The number of nitrogens with two attached hydrogens (primary N) is 1. The van der Waals surface area contributed by atoms with E-state index in [4.69, 9.17) is 31.5 Å². The summed E-state index contributed by atoms with van der Waals surface area (Å²) in [6.45, 7) is 3.05. The summed E-state index contributed by atoms with van der Waals surface area (Å²) in [4.78, 5) is 37.8. The van der Waals surface area contributed by atoms with Gasteiger partial charge in [-0.2, -0.15) is 0 Å². The maximum atomic E-state index is 13.4. The molecule has 0 aliphatic carbocycles. The van der Waals surface area contributed by atoms with Crippen LogP contribution in [-0.4, -0.2) is 58.9 Å². The predicted octanol–water partition coefficient (Wildman–Crippen LogP) is 1.15. The lowest BCUT2D eigenvalue weighted by Gasteiger charge is -2.33. The fraction of sp³-hybridized carbons (Fsp3) is 0.364. The zero-order valence-corrected chi connectivity index (χ0v) is 20.3. The first-order valence-corrected chi connectivity index (χ1v) is 10.9. The average Bonchev–Trinajstić information content (AvgIpc) is 3.26. The van der Waals surface area contributed by atoms with E-state index in [0.29, 0.717) is 16.3 Å². The number of tetrazole rings is 1. The summed E-state index contributed by atoms with van der Waals surface area (Å²) in [5.74, 6) is -2.92. The van der Waals surface area contributed by atoms with Crippen molar-refractivity contribution in [3.63, 3.8) is 0 Å². The molecule has 1 aliphatic heterocycles. The summed E-state index contributed by atoms with van der Waals surface area (Å²) in [6.07, 6.45) is -1.07. The number of dihydropyridines is 1. The molecule has 1 aromatic carbocycles. The van der Waals surface area contributed by atoms with E-state index in [9.17, 15) is 14.4 Å². The second-order valence-electron chi connectivity index (χ2n) is 7.43. The van der Waals surface area contributed by atoms with Crippen LogP contribution in [-0.2, 0) is 35.1 Å². The number of rotatable bonds is 9. The summed E-state index contributed by atoms with van der Waals surface area (Å²) >= 11 is 6.52. The molecule has 13 heteroatoms. The third-order valence-corrected chi connectivity index (χ3v) is 5.65. The van der Waals surface area contributed by atoms with E-state index in [1.807, 2.05) is 0 Å². The largest absolute Gasteiger partial charge is 0.466 e. The molecule has 1 amide bonds. The Morgan fingerprint density at radius 3 is 2.51 bits per heavy atom. The van der Waals surface area contributed by atoms with Gasteiger partial charge in [-0.1, -0.05) is 29.8 Å². The van der Waals surface area contributed by atoms with E-state index >= 15 is 0 Å². The van der Waals surface area contributed by atoms with Crippen LogP contribution < -0.4 is 11.1 Å². The molecule has 1 aromatic heterocycles. The molecule has 1 aliphatic rings. The van der Waals surface area contributed by atoms with Gasteiger partial charge in [0.2, 0.25) is 5.91 Å². The third kappa shape index (κ3) is 5.17. The molecule has 0 bridgehead atoms. The molecule has 0 saturated carbocycles. The Kier molecular flexibility index (Phi) is 8.20. The average molecular weight is 505 g/mol. The number of primary amides is 1. The Morgan fingerprint density at radius 1 is 1.20 bits per heavy atom. The van der Waals surface area contributed by atoms with Crippen LogP contribution in [0.2, 0.25) is 5.02 Å². The van der Waals surface area contributed by atoms with E-state index < -0.39 is 29.9 Å². The number of nitrogens with one attached hydrogen (secondary N) is 1. The number of carbonyl (C=O) groups excluding carboxylic acids is 3. The van der Waals surface area contributed by atoms with Crippen LogP contribution in [0.15, 0.2) is 46.8 Å². The lowest BCUT2D eigenvalue weighted by Crippen LogP contribution is -2.36. The number of allylic oxidation sites excluding steroid dienone is 1. The summed E-state index contributed by atoms with van der Waals surface area (Å²) in [5, 5.41) is 14.8. The Bertz CT molecular complexity index is 1210. The lowest BCUT2D eigenvalue weighted by molar-refractivity contribution is -0.139. The molecule has 12 nitrogen and oxygen atoms in total. The maximum Gasteiger partial charge on any atom is 0.336 e. The molecule has 186 valence electrons. The molecule has 2 atom stereocenters. The highest BCUT2D eigenvalue weighted by Gasteiger charge is 2.42. The van der Waals surface area contributed by atoms with Crippen molar-refractivity contribution in [2.75, 3.05) is 20.8 Å². The van der Waals surface area contributed by atoms with Crippen molar-refractivity contribution in [2.45, 2.75) is 32.4 Å². The molecule has 2 aromatic rings. The Morgan fingerprint density at radius 2 is 1.91 bits per heavy atom. The number of benzene rings is 1. The number of amides is 1. The van der Waals surface area contributed by atoms with Crippen LogP contribution in [0.5, 0.6) is 0 Å². The molecule has 0 spiro atoms. The first kappa shape index (κ1) is 25.8. The van der Waals surface area contributed by atoms with E-state index in [-0.39, 0.29) is 35.8 Å². The smallest absolute Gasteiger partial charge is 0.336 e. The number of ether oxygens (including phenoxy) is 3. The van der Waals surface area contributed by atoms with Gasteiger partial charge in [0.05, 0.1) is 36.5 Å². The van der Waals surface area contributed by atoms with Gasteiger partial charge in [0.25, 0.3) is 0 Å². The molecule has 2 heterocycles. The SMILES string of the molecule is CCOC(=O)C1=C(C(OC)c2nnnn2CC(N)=O)NC(C)=C(C(=O)OC)C1c1ccccc1Cl. The number of aromatic nitrogens is 4. The van der Waals surface area contributed by atoms with Crippen LogP contribution in [0, 0.1) is 0 Å². The van der Waals surface area contributed by atoms with Crippen molar-refractivity contribution >= 4 is 29.4 Å². The highest BCUT2D eigenvalue weighted by Crippen LogP contribution is 2.44. The Hall–Kier alpha value is -3.77. The van der Waals surface area contributed by atoms with E-state index in [1.54, 1.807) is 38.1 Å². The van der Waals surface area contributed by atoms with Gasteiger partial charge >= 0.3 is 11.9 Å². The normalized spacial score (nSPS) is 16.5. The summed E-state index contributed by atoms with van der Waals surface area (Å²) in [6, 6.07) is 6.81. The summed E-state index contributed by atoms with van der Waals surface area (Å²) < 4.78 is 17.2. The molecule has 0 radical (unpaired) electrons. The Labute approximate surface area is 206 Å². The summed E-state index contributed by atoms with van der Waals surface area (Å²) in [7, 11) is 2.62. The molecule has 3 N–H and O–H groups in total. The van der Waals surface area contributed by atoms with Crippen molar-refractivity contribution in [3.8, 4) is 0 Å². The van der Waals surface area contributed by atoms with Crippen molar-refractivity contribution in [3.05, 3.63) is 63.2 Å². The number of carbonyl (C=O) groups is 3. The molecule has 35 heavy (non-hydrogen) atoms. The molecular formula is C22H25ClN6O6. The van der Waals surface area contributed by atoms with Gasteiger partial charge in [-0.05, 0) is 35.9 Å². The molecule has 2 unspecified atom stereocenters. The van der Waals surface area contributed by atoms with Crippen molar-refractivity contribution in [2.24, 2.45) is 5.73 Å². The van der Waals surface area contributed by atoms with Crippen molar-refractivity contribution in [1.82, 2.24) is 25.5 Å². The molecule has 3 rings (SSSR count). The monoisotopic (exact) mass is 504 g/mol. The lowest BCUT2D eigenvalue weighted by atomic mass is 9.79. The second kappa shape index (κ2) is 11.1. The van der Waals surface area contributed by atoms with Gasteiger partial charge in [-0.15, -0.1) is 5.10 Å². The van der Waals surface area contributed by atoms with Crippen LogP contribution in [0.3, 0.4) is 0 Å². The van der Waals surface area contributed by atoms with Gasteiger partial charge in [-0.25, -0.2) is 14.3 Å².